The molecule has 1 fully saturated rings. The molecule has 0 aliphatic carbocycles. The molecule has 168 valence electrons. The number of halogens is 1. The number of rotatable bonds is 7. The summed E-state index contributed by atoms with van der Waals surface area (Å²) >= 11 is 0. The molecule has 1 N–H and O–H groups in total. The Balaban J connectivity index is 0.00000204. The van der Waals surface area contributed by atoms with Crippen LogP contribution in [0.3, 0.4) is 0 Å². The van der Waals surface area contributed by atoms with E-state index in [0.29, 0.717) is 17.2 Å². The SMILES string of the molecule is Cn1ncc(Nc2ccc(-c3ccc(N4CC(COP(=O)([O-])[O-])OC4=O)cc3F)cn2)n1.[Na+].[Na+]. The minimum atomic E-state index is -5.19. The van der Waals surface area contributed by atoms with Gasteiger partial charge in [-0.05, 0) is 30.3 Å². The van der Waals surface area contributed by atoms with Crippen LogP contribution in [-0.4, -0.2) is 45.3 Å². The molecule has 3 aromatic rings. The Labute approximate surface area is 237 Å². The van der Waals surface area contributed by atoms with Gasteiger partial charge >= 0.3 is 65.2 Å². The Morgan fingerprint density at radius 2 is 2.00 bits per heavy atom. The van der Waals surface area contributed by atoms with Crippen LogP contribution in [0.4, 0.5) is 26.5 Å². The Morgan fingerprint density at radius 1 is 1.24 bits per heavy atom. The molecule has 0 saturated carbocycles. The van der Waals surface area contributed by atoms with E-state index in [4.69, 9.17) is 4.74 Å². The second-order valence-corrected chi connectivity index (χ2v) is 7.95. The quantitative estimate of drug-likeness (QED) is 0.242. The molecule has 0 spiro atoms. The second-order valence-electron chi connectivity index (χ2n) is 6.80. The predicted molar refractivity (Wildman–Crippen MR) is 105 cm³/mol. The van der Waals surface area contributed by atoms with Gasteiger partial charge in [-0.3, -0.25) is 4.90 Å². The standard InChI is InChI=1S/C18H18FN6O6P.2Na/c1-24-21-8-17(23-24)22-16-5-2-11(7-20-16)14-4-3-12(6-15(14)19)25-9-13(31-18(25)26)10-30-32(27,28)29;;/h2-8,13H,9-10H2,1H3,(H,20,22,23)(H2,27,28,29);;/q;2*+1/p-2. The molecule has 1 atom stereocenters. The van der Waals surface area contributed by atoms with Crippen molar-refractivity contribution in [1.29, 1.82) is 0 Å². The summed E-state index contributed by atoms with van der Waals surface area (Å²) in [7, 11) is -3.51. The number of phosphoric ester groups is 1. The average molecular weight is 508 g/mol. The van der Waals surface area contributed by atoms with Gasteiger partial charge in [-0.25, -0.2) is 14.2 Å². The van der Waals surface area contributed by atoms with Gasteiger partial charge in [0.25, 0.3) is 0 Å². The van der Waals surface area contributed by atoms with Crippen LogP contribution in [0.15, 0.2) is 42.7 Å². The third-order valence-electron chi connectivity index (χ3n) is 4.49. The maximum absolute atomic E-state index is 14.8. The van der Waals surface area contributed by atoms with E-state index in [1.807, 2.05) is 0 Å². The number of ether oxygens (including phenoxy) is 1. The molecule has 12 nitrogen and oxygen atoms in total. The number of carbonyl (C=O) groups is 1. The maximum atomic E-state index is 14.8. The minimum absolute atomic E-state index is 0. The van der Waals surface area contributed by atoms with E-state index >= 15 is 0 Å². The van der Waals surface area contributed by atoms with Gasteiger partial charge in [-0.2, -0.15) is 9.90 Å². The summed E-state index contributed by atoms with van der Waals surface area (Å²) in [6.45, 7) is -0.699. The number of hydrogen-bond acceptors (Lipinski definition) is 10. The van der Waals surface area contributed by atoms with Crippen LogP contribution in [-0.2, 0) is 20.9 Å². The molecule has 1 unspecified atom stereocenters. The fourth-order valence-corrected chi connectivity index (χ4v) is 3.41. The number of anilines is 3. The Bertz CT molecular complexity index is 1190. The third-order valence-corrected chi connectivity index (χ3v) is 4.95. The molecule has 34 heavy (non-hydrogen) atoms. The van der Waals surface area contributed by atoms with E-state index < -0.39 is 32.4 Å². The van der Waals surface area contributed by atoms with Crippen molar-refractivity contribution in [3.8, 4) is 11.1 Å². The molecule has 2 aromatic heterocycles. The van der Waals surface area contributed by atoms with Crippen LogP contribution in [0.2, 0.25) is 0 Å². The zero-order valence-corrected chi connectivity index (χ0v) is 23.4. The molecule has 0 bridgehead atoms. The van der Waals surface area contributed by atoms with Crippen LogP contribution >= 0.6 is 7.82 Å². The Morgan fingerprint density at radius 3 is 2.59 bits per heavy atom. The van der Waals surface area contributed by atoms with Crippen molar-refractivity contribution in [3.63, 3.8) is 0 Å². The smallest absolute Gasteiger partial charge is 0.790 e. The van der Waals surface area contributed by atoms with Crippen molar-refractivity contribution in [2.45, 2.75) is 6.10 Å². The topological polar surface area (TPSA) is 158 Å². The van der Waals surface area contributed by atoms with Crippen LogP contribution in [0, 0.1) is 5.82 Å². The van der Waals surface area contributed by atoms with Gasteiger partial charge in [-0.15, -0.1) is 5.10 Å². The van der Waals surface area contributed by atoms with E-state index in [0.717, 1.165) is 11.0 Å². The average Bonchev–Trinajstić information content (AvgIpc) is 3.31. The molecule has 1 aromatic carbocycles. The maximum Gasteiger partial charge on any atom is 1.00 e. The van der Waals surface area contributed by atoms with Gasteiger partial charge in [0.05, 0.1) is 32.9 Å². The van der Waals surface area contributed by atoms with Crippen LogP contribution in [0.5, 0.6) is 0 Å². The Kier molecular flexibility index (Phi) is 10.2. The summed E-state index contributed by atoms with van der Waals surface area (Å²) in [5.41, 5.74) is 0.981. The van der Waals surface area contributed by atoms with Crippen molar-refractivity contribution in [3.05, 3.63) is 48.5 Å². The van der Waals surface area contributed by atoms with Gasteiger partial charge in [-0.1, -0.05) is 0 Å². The number of carbonyl (C=O) groups excluding carboxylic acids is 1. The largest absolute Gasteiger partial charge is 1.00 e. The number of nitrogens with zero attached hydrogens (tertiary/aromatic N) is 5. The van der Waals surface area contributed by atoms with Crippen molar-refractivity contribution >= 4 is 31.2 Å². The van der Waals surface area contributed by atoms with E-state index in [-0.39, 0.29) is 76.9 Å². The zero-order valence-electron chi connectivity index (χ0n) is 18.5. The fourth-order valence-electron chi connectivity index (χ4n) is 3.06. The van der Waals surface area contributed by atoms with Crippen LogP contribution < -0.4 is 79.1 Å². The van der Waals surface area contributed by atoms with Gasteiger partial charge in [0.1, 0.15) is 17.7 Å². The summed E-state index contributed by atoms with van der Waals surface area (Å²) in [5.74, 6) is 0.410. The molecular formula is C18H16FN6Na2O6P. The van der Waals surface area contributed by atoms with Gasteiger partial charge in [0, 0.05) is 24.4 Å². The Hall–Kier alpha value is -1.38. The zero-order chi connectivity index (χ0) is 22.9. The van der Waals surface area contributed by atoms with Crippen molar-refractivity contribution in [2.24, 2.45) is 7.05 Å². The van der Waals surface area contributed by atoms with Gasteiger partial charge < -0.3 is 28.9 Å². The summed E-state index contributed by atoms with van der Waals surface area (Å²) in [6, 6.07) is 7.48. The molecule has 1 aliphatic rings. The molecule has 16 heteroatoms. The number of aryl methyl sites for hydroxylation is 1. The number of amides is 1. The van der Waals surface area contributed by atoms with E-state index in [2.05, 4.69) is 25.0 Å². The second kappa shape index (κ2) is 12.0. The van der Waals surface area contributed by atoms with Crippen molar-refractivity contribution in [1.82, 2.24) is 20.0 Å². The number of pyridine rings is 1. The normalized spacial score (nSPS) is 15.4. The van der Waals surface area contributed by atoms with Crippen LogP contribution in [0.1, 0.15) is 0 Å². The number of nitrogens with one attached hydrogen (secondary N) is 1. The predicted octanol–water partition coefficient (Wildman–Crippen LogP) is -5.06. The number of benzene rings is 1. The molecule has 0 radical (unpaired) electrons. The minimum Gasteiger partial charge on any atom is -0.790 e. The molecule has 1 saturated heterocycles. The first-order chi connectivity index (χ1) is 15.2. The van der Waals surface area contributed by atoms with Gasteiger partial charge in [0.15, 0.2) is 5.82 Å². The molecule has 1 amide bonds. The molecule has 3 heterocycles. The summed E-state index contributed by atoms with van der Waals surface area (Å²) in [6.07, 6.45) is 1.24. The fraction of sp³-hybridized carbons (Fsp3) is 0.222. The number of phosphoric acid groups is 1. The summed E-state index contributed by atoms with van der Waals surface area (Å²) in [5, 5.41) is 11.0. The van der Waals surface area contributed by atoms with Crippen molar-refractivity contribution < 1.29 is 91.9 Å². The number of cyclic esters (lactones) is 1. The van der Waals surface area contributed by atoms with Crippen molar-refractivity contribution in [2.75, 3.05) is 23.4 Å². The number of hydrogen-bond donors (Lipinski definition) is 1. The van der Waals surface area contributed by atoms with E-state index in [9.17, 15) is 23.5 Å². The molecule has 1 aliphatic heterocycles. The third kappa shape index (κ3) is 7.31. The first-order valence-electron chi connectivity index (χ1n) is 9.22. The van der Waals surface area contributed by atoms with Gasteiger partial charge in [0.2, 0.25) is 0 Å². The van der Waals surface area contributed by atoms with Crippen LogP contribution in [0.25, 0.3) is 11.1 Å². The summed E-state index contributed by atoms with van der Waals surface area (Å²) < 4.78 is 34.5. The van der Waals surface area contributed by atoms with E-state index in [1.165, 1.54) is 29.3 Å². The monoisotopic (exact) mass is 508 g/mol. The van der Waals surface area contributed by atoms with E-state index in [1.54, 1.807) is 19.2 Å². The summed E-state index contributed by atoms with van der Waals surface area (Å²) in [4.78, 5) is 39.9. The first kappa shape index (κ1) is 28.9. The molecular weight excluding hydrogens is 492 g/mol. The first-order valence-corrected chi connectivity index (χ1v) is 10.7. The molecule has 4 rings (SSSR count). The number of aromatic nitrogens is 4.